The number of hydrogen-bond donors (Lipinski definition) is 0. The molecule has 144 valence electrons. The van der Waals surface area contributed by atoms with Gasteiger partial charge in [0.15, 0.2) is 0 Å². The molecule has 27 heavy (non-hydrogen) atoms. The first-order chi connectivity index (χ1) is 13.3. The Labute approximate surface area is 161 Å². The lowest BCUT2D eigenvalue weighted by Crippen LogP contribution is -2.64. The van der Waals surface area contributed by atoms with E-state index in [2.05, 4.69) is 46.2 Å². The summed E-state index contributed by atoms with van der Waals surface area (Å²) in [5.74, 6) is 0.685. The third-order valence-corrected chi connectivity index (χ3v) is 6.32. The predicted molar refractivity (Wildman–Crippen MR) is 106 cm³/mol. The number of benzene rings is 1. The van der Waals surface area contributed by atoms with Gasteiger partial charge in [-0.05, 0) is 30.9 Å². The van der Waals surface area contributed by atoms with Crippen LogP contribution in [0.5, 0.6) is 0 Å². The lowest BCUT2D eigenvalue weighted by molar-refractivity contribution is -0.184. The number of nitrogens with zero attached hydrogens (tertiary/aromatic N) is 3. The Morgan fingerprint density at radius 3 is 2.70 bits per heavy atom. The minimum atomic E-state index is 0.109. The summed E-state index contributed by atoms with van der Waals surface area (Å²) < 4.78 is 11.8. The second-order valence-electron chi connectivity index (χ2n) is 8.45. The molecule has 3 aliphatic rings. The van der Waals surface area contributed by atoms with Crippen molar-refractivity contribution in [3.63, 3.8) is 0 Å². The Balaban J connectivity index is 1.11. The zero-order chi connectivity index (χ0) is 18.1. The van der Waals surface area contributed by atoms with Crippen molar-refractivity contribution >= 4 is 10.9 Å². The van der Waals surface area contributed by atoms with Crippen LogP contribution in [-0.2, 0) is 16.0 Å². The van der Waals surface area contributed by atoms with Crippen LogP contribution in [0.25, 0.3) is 10.9 Å². The van der Waals surface area contributed by atoms with Gasteiger partial charge >= 0.3 is 0 Å². The molecule has 5 heteroatoms. The zero-order valence-electron chi connectivity index (χ0n) is 16.0. The molecule has 3 fully saturated rings. The van der Waals surface area contributed by atoms with Gasteiger partial charge in [-0.1, -0.05) is 24.3 Å². The summed E-state index contributed by atoms with van der Waals surface area (Å²) in [5, 5.41) is 1.21. The molecule has 1 spiro atoms. The van der Waals surface area contributed by atoms with E-state index in [1.807, 2.05) is 0 Å². The summed E-state index contributed by atoms with van der Waals surface area (Å²) in [5.41, 5.74) is 2.35. The van der Waals surface area contributed by atoms with Crippen molar-refractivity contribution in [2.24, 2.45) is 5.92 Å². The Kier molecular flexibility index (Phi) is 4.86. The second kappa shape index (κ2) is 7.47. The Morgan fingerprint density at radius 2 is 1.89 bits per heavy atom. The standard InChI is InChI=1S/C22H29N3O2/c1-2-4-21-19(3-1)5-6-20(23-21)14-25-16-22(17-25)8-7-18(15-27-22)13-24-9-11-26-12-10-24/h1-6,18H,7-17H2. The third kappa shape index (κ3) is 3.87. The molecule has 0 saturated carbocycles. The van der Waals surface area contributed by atoms with Crippen LogP contribution < -0.4 is 0 Å². The molecule has 1 aromatic heterocycles. The molecule has 0 N–H and O–H groups in total. The van der Waals surface area contributed by atoms with E-state index >= 15 is 0 Å². The monoisotopic (exact) mass is 367 g/mol. The quantitative estimate of drug-likeness (QED) is 0.830. The molecule has 3 saturated heterocycles. The van der Waals surface area contributed by atoms with Gasteiger partial charge in [-0.25, -0.2) is 0 Å². The highest BCUT2D eigenvalue weighted by atomic mass is 16.5. The number of ether oxygens (including phenoxy) is 2. The number of likely N-dealkylation sites (tertiary alicyclic amines) is 1. The summed E-state index contributed by atoms with van der Waals surface area (Å²) in [6.07, 6.45) is 2.49. The van der Waals surface area contributed by atoms with Gasteiger partial charge in [0.05, 0.1) is 36.6 Å². The van der Waals surface area contributed by atoms with Crippen molar-refractivity contribution in [1.29, 1.82) is 0 Å². The Hall–Kier alpha value is -1.53. The summed E-state index contributed by atoms with van der Waals surface area (Å²) >= 11 is 0. The van der Waals surface area contributed by atoms with Crippen LogP contribution in [0.1, 0.15) is 18.5 Å². The average Bonchev–Trinajstić information content (AvgIpc) is 2.69. The zero-order valence-corrected chi connectivity index (χ0v) is 16.0. The molecule has 2 aromatic rings. The van der Waals surface area contributed by atoms with E-state index in [4.69, 9.17) is 14.5 Å². The summed E-state index contributed by atoms with van der Waals surface area (Å²) in [6, 6.07) is 12.7. The summed E-state index contributed by atoms with van der Waals surface area (Å²) in [4.78, 5) is 9.82. The number of pyridine rings is 1. The van der Waals surface area contributed by atoms with Crippen LogP contribution in [0.4, 0.5) is 0 Å². The molecule has 1 unspecified atom stereocenters. The molecule has 1 atom stereocenters. The van der Waals surface area contributed by atoms with Gasteiger partial charge in [-0.3, -0.25) is 14.8 Å². The van der Waals surface area contributed by atoms with Gasteiger partial charge in [-0.15, -0.1) is 0 Å². The van der Waals surface area contributed by atoms with E-state index < -0.39 is 0 Å². The maximum Gasteiger partial charge on any atom is 0.0935 e. The van der Waals surface area contributed by atoms with Gasteiger partial charge < -0.3 is 9.47 Å². The number of fused-ring (bicyclic) bond motifs is 1. The van der Waals surface area contributed by atoms with Crippen molar-refractivity contribution in [1.82, 2.24) is 14.8 Å². The van der Waals surface area contributed by atoms with Crippen LogP contribution in [-0.4, -0.2) is 72.9 Å². The Morgan fingerprint density at radius 1 is 1.04 bits per heavy atom. The van der Waals surface area contributed by atoms with Gasteiger partial charge in [0.25, 0.3) is 0 Å². The van der Waals surface area contributed by atoms with Gasteiger partial charge in [0, 0.05) is 44.7 Å². The highest BCUT2D eigenvalue weighted by Gasteiger charge is 2.46. The van der Waals surface area contributed by atoms with E-state index in [0.717, 1.165) is 63.8 Å². The van der Waals surface area contributed by atoms with Crippen molar-refractivity contribution in [3.05, 3.63) is 42.1 Å². The van der Waals surface area contributed by atoms with Crippen LogP contribution >= 0.6 is 0 Å². The SMILES string of the molecule is c1ccc2nc(CN3CC4(CCC(CN5CCOCC5)CO4)C3)ccc2c1. The molecule has 0 radical (unpaired) electrons. The van der Waals surface area contributed by atoms with E-state index in [0.29, 0.717) is 5.92 Å². The minimum absolute atomic E-state index is 0.109. The molecule has 3 aliphatic heterocycles. The molecule has 0 bridgehead atoms. The molecular formula is C22H29N3O2. The van der Waals surface area contributed by atoms with Gasteiger partial charge in [0.2, 0.25) is 0 Å². The van der Waals surface area contributed by atoms with E-state index in [1.165, 1.54) is 24.8 Å². The number of para-hydroxylation sites is 1. The fraction of sp³-hybridized carbons (Fsp3) is 0.591. The number of rotatable bonds is 4. The molecule has 4 heterocycles. The first-order valence-corrected chi connectivity index (χ1v) is 10.3. The minimum Gasteiger partial charge on any atom is -0.379 e. The number of hydrogen-bond acceptors (Lipinski definition) is 5. The summed E-state index contributed by atoms with van der Waals surface area (Å²) in [7, 11) is 0. The predicted octanol–water partition coefficient (Wildman–Crippen LogP) is 2.55. The largest absolute Gasteiger partial charge is 0.379 e. The average molecular weight is 367 g/mol. The van der Waals surface area contributed by atoms with E-state index in [9.17, 15) is 0 Å². The van der Waals surface area contributed by atoms with Crippen molar-refractivity contribution in [2.75, 3.05) is 52.5 Å². The highest BCUT2D eigenvalue weighted by Crippen LogP contribution is 2.37. The fourth-order valence-electron chi connectivity index (χ4n) is 4.77. The first-order valence-electron chi connectivity index (χ1n) is 10.3. The van der Waals surface area contributed by atoms with Crippen LogP contribution in [0, 0.1) is 5.92 Å². The molecule has 0 aliphatic carbocycles. The topological polar surface area (TPSA) is 37.8 Å². The van der Waals surface area contributed by atoms with Crippen LogP contribution in [0.3, 0.4) is 0 Å². The molecule has 1 aromatic carbocycles. The van der Waals surface area contributed by atoms with Crippen molar-refractivity contribution < 1.29 is 9.47 Å². The molecule has 5 nitrogen and oxygen atoms in total. The van der Waals surface area contributed by atoms with E-state index in [1.54, 1.807) is 0 Å². The molecule has 5 rings (SSSR count). The van der Waals surface area contributed by atoms with Gasteiger partial charge in [0.1, 0.15) is 0 Å². The van der Waals surface area contributed by atoms with Crippen molar-refractivity contribution in [3.8, 4) is 0 Å². The van der Waals surface area contributed by atoms with Crippen molar-refractivity contribution in [2.45, 2.75) is 25.0 Å². The van der Waals surface area contributed by atoms with Crippen LogP contribution in [0.15, 0.2) is 36.4 Å². The maximum absolute atomic E-state index is 6.37. The first kappa shape index (κ1) is 17.6. The lowest BCUT2D eigenvalue weighted by Gasteiger charge is -2.53. The smallest absolute Gasteiger partial charge is 0.0935 e. The molecular weight excluding hydrogens is 338 g/mol. The highest BCUT2D eigenvalue weighted by molar-refractivity contribution is 5.78. The fourth-order valence-corrected chi connectivity index (χ4v) is 4.77. The normalized spacial score (nSPS) is 26.3. The lowest BCUT2D eigenvalue weighted by atomic mass is 9.82. The molecule has 0 amide bonds. The summed E-state index contributed by atoms with van der Waals surface area (Å²) in [6.45, 7) is 9.03. The Bertz CT molecular complexity index is 774. The second-order valence-corrected chi connectivity index (χ2v) is 8.45. The third-order valence-electron chi connectivity index (χ3n) is 6.32. The van der Waals surface area contributed by atoms with Gasteiger partial charge in [-0.2, -0.15) is 0 Å². The number of aromatic nitrogens is 1. The maximum atomic E-state index is 6.37. The number of morpholine rings is 1. The van der Waals surface area contributed by atoms with E-state index in [-0.39, 0.29) is 5.60 Å². The van der Waals surface area contributed by atoms with Crippen LogP contribution in [0.2, 0.25) is 0 Å².